The van der Waals surface area contributed by atoms with Crippen molar-refractivity contribution in [1.82, 2.24) is 4.72 Å². The molecule has 1 saturated carbocycles. The predicted octanol–water partition coefficient (Wildman–Crippen LogP) is 2.70. The van der Waals surface area contributed by atoms with E-state index < -0.39 is 26.2 Å². The number of sulfonamides is 1. The molecule has 0 spiro atoms. The Bertz CT molecular complexity index is 600. The summed E-state index contributed by atoms with van der Waals surface area (Å²) in [6, 6.07) is 3.45. The summed E-state index contributed by atoms with van der Waals surface area (Å²) in [5, 5.41) is 9.72. The highest BCUT2D eigenvalue weighted by Gasteiger charge is 2.33. The van der Waals surface area contributed by atoms with E-state index in [9.17, 15) is 17.9 Å². The number of nitrogens with one attached hydrogen (secondary N) is 1. The topological polar surface area (TPSA) is 66.4 Å². The van der Waals surface area contributed by atoms with Crippen molar-refractivity contribution in [3.05, 3.63) is 29.0 Å². The van der Waals surface area contributed by atoms with Gasteiger partial charge in [0, 0.05) is 23.6 Å². The Morgan fingerprint density at radius 2 is 1.95 bits per heavy atom. The summed E-state index contributed by atoms with van der Waals surface area (Å²) < 4.78 is 40.5. The minimum atomic E-state index is -3.95. The van der Waals surface area contributed by atoms with Crippen molar-refractivity contribution in [2.75, 3.05) is 13.2 Å². The highest BCUT2D eigenvalue weighted by molar-refractivity contribution is 7.89. The van der Waals surface area contributed by atoms with E-state index in [0.29, 0.717) is 0 Å². The Morgan fingerprint density at radius 3 is 2.52 bits per heavy atom. The van der Waals surface area contributed by atoms with E-state index in [4.69, 9.17) is 11.6 Å². The lowest BCUT2D eigenvalue weighted by Crippen LogP contribution is -2.41. The molecule has 0 atom stereocenters. The first-order valence-corrected chi connectivity index (χ1v) is 8.80. The van der Waals surface area contributed by atoms with Crippen LogP contribution < -0.4 is 4.72 Å². The fourth-order valence-electron chi connectivity index (χ4n) is 2.71. The standard InChI is InChI=1S/C14H19ClFNO3S/c15-11-4-5-13(12(16)8-11)21(19,20)17-9-14(10-18)6-2-1-3-7-14/h4-5,8,17-18H,1-3,6-7,9-10H2. The van der Waals surface area contributed by atoms with Crippen LogP contribution in [0.15, 0.2) is 23.1 Å². The minimum absolute atomic E-state index is 0.0708. The van der Waals surface area contributed by atoms with Gasteiger partial charge in [-0.05, 0) is 31.0 Å². The van der Waals surface area contributed by atoms with Crippen LogP contribution in [0.4, 0.5) is 4.39 Å². The molecule has 2 rings (SSSR count). The summed E-state index contributed by atoms with van der Waals surface area (Å²) in [6.45, 7) is 0.0481. The van der Waals surface area contributed by atoms with Crippen LogP contribution in [0, 0.1) is 11.2 Å². The molecule has 2 N–H and O–H groups in total. The third kappa shape index (κ3) is 3.94. The summed E-state index contributed by atoms with van der Waals surface area (Å²) >= 11 is 5.62. The van der Waals surface area contributed by atoms with E-state index >= 15 is 0 Å². The first-order valence-electron chi connectivity index (χ1n) is 6.94. The number of hydrogen-bond donors (Lipinski definition) is 2. The van der Waals surface area contributed by atoms with Gasteiger partial charge in [0.25, 0.3) is 0 Å². The fourth-order valence-corrected chi connectivity index (χ4v) is 4.08. The maximum Gasteiger partial charge on any atom is 0.243 e. The van der Waals surface area contributed by atoms with Crippen LogP contribution in [-0.4, -0.2) is 26.7 Å². The van der Waals surface area contributed by atoms with E-state index in [-0.39, 0.29) is 18.2 Å². The molecule has 118 valence electrons. The van der Waals surface area contributed by atoms with Crippen LogP contribution in [0.1, 0.15) is 32.1 Å². The van der Waals surface area contributed by atoms with E-state index in [1.807, 2.05) is 0 Å². The Kier molecular flexibility index (Phi) is 5.24. The SMILES string of the molecule is O=S(=O)(NCC1(CO)CCCCC1)c1ccc(Cl)cc1F. The molecule has 0 bridgehead atoms. The number of benzene rings is 1. The van der Waals surface area contributed by atoms with Gasteiger partial charge in [0.1, 0.15) is 10.7 Å². The van der Waals surface area contributed by atoms with Gasteiger partial charge in [-0.1, -0.05) is 30.9 Å². The summed E-state index contributed by atoms with van der Waals surface area (Å²) in [6.07, 6.45) is 4.58. The molecule has 0 unspecified atom stereocenters. The first kappa shape index (κ1) is 16.7. The van der Waals surface area contributed by atoms with E-state index in [1.54, 1.807) is 0 Å². The zero-order valence-electron chi connectivity index (χ0n) is 11.6. The zero-order valence-corrected chi connectivity index (χ0v) is 13.2. The number of hydrogen-bond acceptors (Lipinski definition) is 3. The normalized spacial score (nSPS) is 18.6. The monoisotopic (exact) mass is 335 g/mol. The zero-order chi connectivity index (χ0) is 15.5. The van der Waals surface area contributed by atoms with Crippen molar-refractivity contribution in [3.63, 3.8) is 0 Å². The van der Waals surface area contributed by atoms with Gasteiger partial charge in [-0.15, -0.1) is 0 Å². The molecule has 0 heterocycles. The molecule has 0 radical (unpaired) electrons. The summed E-state index contributed by atoms with van der Waals surface area (Å²) in [4.78, 5) is -0.421. The second-order valence-electron chi connectivity index (χ2n) is 5.62. The smallest absolute Gasteiger partial charge is 0.243 e. The Hall–Kier alpha value is -0.690. The molecule has 1 fully saturated rings. The Labute approximate surface area is 129 Å². The average Bonchev–Trinajstić information content (AvgIpc) is 2.46. The summed E-state index contributed by atoms with van der Waals surface area (Å²) in [5.41, 5.74) is -0.436. The molecule has 0 amide bonds. The first-order chi connectivity index (χ1) is 9.88. The number of aliphatic hydroxyl groups excluding tert-OH is 1. The molecule has 21 heavy (non-hydrogen) atoms. The lowest BCUT2D eigenvalue weighted by molar-refractivity contribution is 0.0867. The van der Waals surface area contributed by atoms with Crippen molar-refractivity contribution < 1.29 is 17.9 Å². The van der Waals surface area contributed by atoms with Crippen LogP contribution in [0.3, 0.4) is 0 Å². The third-order valence-electron chi connectivity index (χ3n) is 4.07. The average molecular weight is 336 g/mol. The number of rotatable bonds is 5. The van der Waals surface area contributed by atoms with Crippen LogP contribution in [0.5, 0.6) is 0 Å². The molecule has 1 aliphatic rings. The Morgan fingerprint density at radius 1 is 1.29 bits per heavy atom. The Balaban J connectivity index is 2.13. The van der Waals surface area contributed by atoms with Gasteiger partial charge in [-0.25, -0.2) is 17.5 Å². The molecular weight excluding hydrogens is 317 g/mol. The molecular formula is C14H19ClFNO3S. The summed E-state index contributed by atoms with van der Waals surface area (Å²) in [5.74, 6) is -0.878. The molecule has 0 aliphatic heterocycles. The van der Waals surface area contributed by atoms with Crippen molar-refractivity contribution >= 4 is 21.6 Å². The maximum absolute atomic E-state index is 13.7. The van der Waals surface area contributed by atoms with Crippen molar-refractivity contribution in [1.29, 1.82) is 0 Å². The summed E-state index contributed by atoms with van der Waals surface area (Å²) in [7, 11) is -3.95. The third-order valence-corrected chi connectivity index (χ3v) is 5.74. The quantitative estimate of drug-likeness (QED) is 0.869. The highest BCUT2D eigenvalue weighted by Crippen LogP contribution is 2.35. The minimum Gasteiger partial charge on any atom is -0.396 e. The predicted molar refractivity (Wildman–Crippen MR) is 79.2 cm³/mol. The number of halogens is 2. The molecule has 1 aromatic carbocycles. The van der Waals surface area contributed by atoms with E-state index in [0.717, 1.165) is 44.2 Å². The van der Waals surface area contributed by atoms with Crippen LogP contribution in [-0.2, 0) is 10.0 Å². The van der Waals surface area contributed by atoms with Gasteiger partial charge in [-0.2, -0.15) is 0 Å². The van der Waals surface area contributed by atoms with Crippen molar-refractivity contribution in [2.24, 2.45) is 5.41 Å². The molecule has 1 aromatic rings. The molecule has 4 nitrogen and oxygen atoms in total. The van der Waals surface area contributed by atoms with E-state index in [2.05, 4.69) is 4.72 Å². The largest absolute Gasteiger partial charge is 0.396 e. The van der Waals surface area contributed by atoms with Gasteiger partial charge in [-0.3, -0.25) is 0 Å². The van der Waals surface area contributed by atoms with Gasteiger partial charge < -0.3 is 5.11 Å². The lowest BCUT2D eigenvalue weighted by Gasteiger charge is -2.35. The number of aliphatic hydroxyl groups is 1. The molecule has 0 aromatic heterocycles. The molecule has 0 saturated heterocycles. The van der Waals surface area contributed by atoms with Crippen molar-refractivity contribution in [2.45, 2.75) is 37.0 Å². The second-order valence-corrected chi connectivity index (χ2v) is 7.79. The van der Waals surface area contributed by atoms with Gasteiger partial charge in [0.05, 0.1) is 0 Å². The van der Waals surface area contributed by atoms with Gasteiger partial charge in [0.15, 0.2) is 0 Å². The molecule has 7 heteroatoms. The van der Waals surface area contributed by atoms with Crippen LogP contribution >= 0.6 is 11.6 Å². The van der Waals surface area contributed by atoms with Gasteiger partial charge in [0.2, 0.25) is 10.0 Å². The van der Waals surface area contributed by atoms with Crippen LogP contribution in [0.2, 0.25) is 5.02 Å². The lowest BCUT2D eigenvalue weighted by atomic mass is 9.75. The highest BCUT2D eigenvalue weighted by atomic mass is 35.5. The second kappa shape index (κ2) is 6.60. The maximum atomic E-state index is 13.7. The van der Waals surface area contributed by atoms with Gasteiger partial charge >= 0.3 is 0 Å². The fraction of sp³-hybridized carbons (Fsp3) is 0.571. The van der Waals surface area contributed by atoms with Crippen molar-refractivity contribution in [3.8, 4) is 0 Å². The van der Waals surface area contributed by atoms with E-state index in [1.165, 1.54) is 6.07 Å². The molecule has 1 aliphatic carbocycles. The van der Waals surface area contributed by atoms with Crippen LogP contribution in [0.25, 0.3) is 0 Å².